The Hall–Kier alpha value is -2.03. The summed E-state index contributed by atoms with van der Waals surface area (Å²) in [6.07, 6.45) is 4.27. The molecule has 1 unspecified atom stereocenters. The van der Waals surface area contributed by atoms with Crippen LogP contribution in [-0.2, 0) is 14.3 Å². The third-order valence-corrected chi connectivity index (χ3v) is 2.81. The Morgan fingerprint density at radius 3 is 2.84 bits per heavy atom. The van der Waals surface area contributed by atoms with Crippen LogP contribution >= 0.6 is 0 Å². The van der Waals surface area contributed by atoms with Gasteiger partial charge in [0.25, 0.3) is 0 Å². The summed E-state index contributed by atoms with van der Waals surface area (Å²) in [5.41, 5.74) is 1.72. The maximum Gasteiger partial charge on any atom is 0.334 e. The van der Waals surface area contributed by atoms with Crippen LogP contribution in [0.4, 0.5) is 0 Å². The lowest BCUT2D eigenvalue weighted by molar-refractivity contribution is -0.139. The third-order valence-electron chi connectivity index (χ3n) is 2.81. The number of ether oxygens (including phenoxy) is 2. The Balaban J connectivity index is 2.23. The van der Waals surface area contributed by atoms with E-state index in [1.54, 1.807) is 6.08 Å². The molecule has 1 atom stereocenters. The number of benzene rings is 1. The number of carbonyl (C=O) groups is 1. The molecule has 3 nitrogen and oxygen atoms in total. The molecule has 2 rings (SSSR count). The van der Waals surface area contributed by atoms with Crippen molar-refractivity contribution in [3.8, 4) is 0 Å². The van der Waals surface area contributed by atoms with Crippen LogP contribution in [0.1, 0.15) is 25.8 Å². The maximum absolute atomic E-state index is 11.8. The molecule has 1 aromatic rings. The molecular weight excluding hydrogens is 240 g/mol. The molecule has 100 valence electrons. The first-order chi connectivity index (χ1) is 9.19. The normalized spacial score (nSPS) is 20.6. The molecule has 0 saturated carbocycles. The first-order valence-electron chi connectivity index (χ1n) is 6.50. The lowest BCUT2D eigenvalue weighted by Crippen LogP contribution is -2.19. The van der Waals surface area contributed by atoms with Crippen molar-refractivity contribution in [1.29, 1.82) is 0 Å². The van der Waals surface area contributed by atoms with Crippen LogP contribution in [0.15, 0.2) is 47.7 Å². The van der Waals surface area contributed by atoms with Crippen molar-refractivity contribution in [2.75, 3.05) is 6.61 Å². The highest BCUT2D eigenvalue weighted by atomic mass is 16.5. The zero-order chi connectivity index (χ0) is 13.7. The summed E-state index contributed by atoms with van der Waals surface area (Å²) in [6.45, 7) is 4.15. The van der Waals surface area contributed by atoms with E-state index in [0.717, 1.165) is 5.56 Å². The zero-order valence-corrected chi connectivity index (χ0v) is 11.3. The predicted octanol–water partition coefficient (Wildman–Crippen LogP) is 3.33. The van der Waals surface area contributed by atoms with Gasteiger partial charge in [-0.2, -0.15) is 0 Å². The highest BCUT2D eigenvalue weighted by Gasteiger charge is 2.21. The van der Waals surface area contributed by atoms with E-state index in [1.165, 1.54) is 0 Å². The standard InChI is InChI=1S/C16H18O3/c1-3-18-16(17)14-9-12(2)19-15(11-14)10-13-7-5-4-6-8-13/h4-8,10-12H,3,9H2,1-2H3. The zero-order valence-electron chi connectivity index (χ0n) is 11.3. The van der Waals surface area contributed by atoms with Gasteiger partial charge in [0.2, 0.25) is 0 Å². The maximum atomic E-state index is 11.8. The van der Waals surface area contributed by atoms with Gasteiger partial charge in [-0.05, 0) is 31.6 Å². The Kier molecular flexibility index (Phi) is 4.39. The van der Waals surface area contributed by atoms with Gasteiger partial charge in [0.05, 0.1) is 6.61 Å². The second-order valence-corrected chi connectivity index (χ2v) is 4.48. The van der Waals surface area contributed by atoms with Crippen molar-refractivity contribution in [1.82, 2.24) is 0 Å². The molecule has 0 N–H and O–H groups in total. The molecule has 1 aliphatic heterocycles. The number of esters is 1. The number of hydrogen-bond donors (Lipinski definition) is 0. The van der Waals surface area contributed by atoms with Gasteiger partial charge in [-0.3, -0.25) is 0 Å². The topological polar surface area (TPSA) is 35.5 Å². The van der Waals surface area contributed by atoms with Crippen LogP contribution in [0.2, 0.25) is 0 Å². The number of hydrogen-bond acceptors (Lipinski definition) is 3. The van der Waals surface area contributed by atoms with Gasteiger partial charge in [0.1, 0.15) is 11.9 Å². The number of carbonyl (C=O) groups excluding carboxylic acids is 1. The average molecular weight is 258 g/mol. The van der Waals surface area contributed by atoms with Gasteiger partial charge < -0.3 is 9.47 Å². The summed E-state index contributed by atoms with van der Waals surface area (Å²) in [5, 5.41) is 0. The quantitative estimate of drug-likeness (QED) is 0.780. The molecule has 0 spiro atoms. The average Bonchev–Trinajstić information content (AvgIpc) is 2.39. The van der Waals surface area contributed by atoms with E-state index in [-0.39, 0.29) is 12.1 Å². The van der Waals surface area contributed by atoms with E-state index in [0.29, 0.717) is 24.4 Å². The predicted molar refractivity (Wildman–Crippen MR) is 74.3 cm³/mol. The SMILES string of the molecule is CCOC(=O)C1=CC(=Cc2ccccc2)OC(C)C1. The molecule has 0 saturated heterocycles. The minimum Gasteiger partial charge on any atom is -0.490 e. The Morgan fingerprint density at radius 1 is 1.42 bits per heavy atom. The van der Waals surface area contributed by atoms with E-state index in [4.69, 9.17) is 9.47 Å². The fourth-order valence-corrected chi connectivity index (χ4v) is 2.00. The minimum atomic E-state index is -0.253. The highest BCUT2D eigenvalue weighted by Crippen LogP contribution is 2.24. The van der Waals surface area contributed by atoms with E-state index >= 15 is 0 Å². The van der Waals surface area contributed by atoms with Gasteiger partial charge in [-0.1, -0.05) is 30.3 Å². The molecule has 1 heterocycles. The van der Waals surface area contributed by atoms with Crippen LogP contribution in [0.5, 0.6) is 0 Å². The molecule has 0 radical (unpaired) electrons. The van der Waals surface area contributed by atoms with Crippen molar-refractivity contribution in [2.45, 2.75) is 26.4 Å². The molecule has 0 aliphatic carbocycles. The molecule has 0 bridgehead atoms. The van der Waals surface area contributed by atoms with Crippen molar-refractivity contribution >= 4 is 12.0 Å². The van der Waals surface area contributed by atoms with Crippen molar-refractivity contribution in [2.24, 2.45) is 0 Å². The second kappa shape index (κ2) is 6.23. The smallest absolute Gasteiger partial charge is 0.334 e. The fraction of sp³-hybridized carbons (Fsp3) is 0.312. The summed E-state index contributed by atoms with van der Waals surface area (Å²) in [7, 11) is 0. The fourth-order valence-electron chi connectivity index (χ4n) is 2.00. The number of allylic oxidation sites excluding steroid dienone is 1. The molecule has 3 heteroatoms. The Morgan fingerprint density at radius 2 is 2.16 bits per heavy atom. The first-order valence-corrected chi connectivity index (χ1v) is 6.50. The summed E-state index contributed by atoms with van der Waals surface area (Å²) in [6, 6.07) is 9.89. The molecule has 1 aromatic carbocycles. The lowest BCUT2D eigenvalue weighted by atomic mass is 10.0. The summed E-state index contributed by atoms with van der Waals surface area (Å²) in [4.78, 5) is 11.8. The highest BCUT2D eigenvalue weighted by molar-refractivity contribution is 5.89. The van der Waals surface area contributed by atoms with E-state index < -0.39 is 0 Å². The van der Waals surface area contributed by atoms with Gasteiger partial charge in [0.15, 0.2) is 0 Å². The summed E-state index contributed by atoms with van der Waals surface area (Å²) in [5.74, 6) is 0.449. The van der Waals surface area contributed by atoms with Crippen LogP contribution in [0, 0.1) is 0 Å². The minimum absolute atomic E-state index is 0.0145. The largest absolute Gasteiger partial charge is 0.490 e. The molecule has 19 heavy (non-hydrogen) atoms. The van der Waals surface area contributed by atoms with E-state index in [2.05, 4.69) is 0 Å². The number of rotatable bonds is 3. The van der Waals surface area contributed by atoms with Crippen LogP contribution < -0.4 is 0 Å². The van der Waals surface area contributed by atoms with Crippen LogP contribution in [0.3, 0.4) is 0 Å². The third kappa shape index (κ3) is 3.71. The van der Waals surface area contributed by atoms with Gasteiger partial charge in [-0.25, -0.2) is 4.79 Å². The first kappa shape index (κ1) is 13.4. The van der Waals surface area contributed by atoms with Gasteiger partial charge in [-0.15, -0.1) is 0 Å². The van der Waals surface area contributed by atoms with Crippen LogP contribution in [0.25, 0.3) is 6.08 Å². The molecule has 0 fully saturated rings. The Labute approximate surface area is 113 Å². The molecule has 0 amide bonds. The van der Waals surface area contributed by atoms with Gasteiger partial charge in [0, 0.05) is 12.0 Å². The molecule has 1 aliphatic rings. The molecular formula is C16H18O3. The van der Waals surface area contributed by atoms with E-state index in [1.807, 2.05) is 50.3 Å². The monoisotopic (exact) mass is 258 g/mol. The Bertz CT molecular complexity index is 500. The van der Waals surface area contributed by atoms with E-state index in [9.17, 15) is 4.79 Å². The molecule has 0 aromatic heterocycles. The van der Waals surface area contributed by atoms with Crippen LogP contribution in [-0.4, -0.2) is 18.7 Å². The second-order valence-electron chi connectivity index (χ2n) is 4.48. The van der Waals surface area contributed by atoms with Crippen molar-refractivity contribution in [3.05, 3.63) is 53.3 Å². The van der Waals surface area contributed by atoms with Gasteiger partial charge >= 0.3 is 5.97 Å². The van der Waals surface area contributed by atoms with Crippen molar-refractivity contribution < 1.29 is 14.3 Å². The summed E-state index contributed by atoms with van der Waals surface area (Å²) < 4.78 is 10.8. The lowest BCUT2D eigenvalue weighted by Gasteiger charge is -2.22. The van der Waals surface area contributed by atoms with Crippen molar-refractivity contribution in [3.63, 3.8) is 0 Å². The summed E-state index contributed by atoms with van der Waals surface area (Å²) >= 11 is 0.